The molecule has 0 radical (unpaired) electrons. The van der Waals surface area contributed by atoms with E-state index in [2.05, 4.69) is 16.8 Å². The van der Waals surface area contributed by atoms with Crippen LogP contribution in [0, 0.1) is 5.92 Å². The summed E-state index contributed by atoms with van der Waals surface area (Å²) in [4.78, 5) is 4.78. The van der Waals surface area contributed by atoms with E-state index in [0.29, 0.717) is 5.76 Å². The lowest BCUT2D eigenvalue weighted by atomic mass is 10.2. The first-order valence-electron chi connectivity index (χ1n) is 7.94. The van der Waals surface area contributed by atoms with Gasteiger partial charge in [0.15, 0.2) is 0 Å². The van der Waals surface area contributed by atoms with E-state index in [4.69, 9.17) is 14.3 Å². The lowest BCUT2D eigenvalue weighted by Gasteiger charge is -2.34. The van der Waals surface area contributed by atoms with Gasteiger partial charge in [-0.2, -0.15) is 0 Å². The smallest absolute Gasteiger partial charge is 0.129 e. The summed E-state index contributed by atoms with van der Waals surface area (Å²) in [5.74, 6) is 2.49. The molecule has 1 unspecified atom stereocenters. The first-order valence-corrected chi connectivity index (χ1v) is 7.94. The van der Waals surface area contributed by atoms with Crippen molar-refractivity contribution in [1.82, 2.24) is 9.80 Å². The van der Waals surface area contributed by atoms with Crippen molar-refractivity contribution in [1.29, 1.82) is 0 Å². The minimum absolute atomic E-state index is 0.0301. The molecular formula is C16H26N2O3. The number of aliphatic hydroxyl groups is 1. The van der Waals surface area contributed by atoms with Crippen LogP contribution in [0.15, 0.2) is 16.5 Å². The molecule has 1 saturated heterocycles. The molecule has 0 bridgehead atoms. The zero-order chi connectivity index (χ0) is 14.7. The maximum Gasteiger partial charge on any atom is 0.129 e. The molecule has 0 spiro atoms. The lowest BCUT2D eigenvalue weighted by Crippen LogP contribution is -2.46. The molecule has 2 aliphatic rings. The SMILES string of the molecule is CN(CC1CC1)CC1CN(Cc2ccc(CO)o2)CCO1. The van der Waals surface area contributed by atoms with Gasteiger partial charge in [-0.05, 0) is 37.9 Å². The van der Waals surface area contributed by atoms with Crippen LogP contribution in [-0.2, 0) is 17.9 Å². The molecule has 1 aromatic rings. The van der Waals surface area contributed by atoms with Gasteiger partial charge < -0.3 is 19.2 Å². The minimum Gasteiger partial charge on any atom is -0.462 e. The van der Waals surface area contributed by atoms with Crippen molar-refractivity contribution in [2.75, 3.05) is 39.8 Å². The normalized spacial score (nSPS) is 23.9. The monoisotopic (exact) mass is 294 g/mol. The average Bonchev–Trinajstić information content (AvgIpc) is 3.15. The summed E-state index contributed by atoms with van der Waals surface area (Å²) in [6, 6.07) is 3.80. The van der Waals surface area contributed by atoms with Crippen molar-refractivity contribution >= 4 is 0 Å². The zero-order valence-corrected chi connectivity index (χ0v) is 12.8. The Balaban J connectivity index is 1.45. The Hall–Kier alpha value is -0.880. The van der Waals surface area contributed by atoms with Gasteiger partial charge in [0.1, 0.15) is 18.1 Å². The summed E-state index contributed by atoms with van der Waals surface area (Å²) in [6.07, 6.45) is 3.08. The van der Waals surface area contributed by atoms with Gasteiger partial charge in [-0.3, -0.25) is 4.90 Å². The Kier molecular flexibility index (Phi) is 4.95. The lowest BCUT2D eigenvalue weighted by molar-refractivity contribution is -0.0450. The highest BCUT2D eigenvalue weighted by atomic mass is 16.5. The number of nitrogens with zero attached hydrogens (tertiary/aromatic N) is 2. The zero-order valence-electron chi connectivity index (χ0n) is 12.8. The average molecular weight is 294 g/mol. The third-order valence-corrected chi connectivity index (χ3v) is 4.26. The number of furan rings is 1. The predicted octanol–water partition coefficient (Wildman–Crippen LogP) is 1.31. The number of hydrogen-bond donors (Lipinski definition) is 1. The third-order valence-electron chi connectivity index (χ3n) is 4.26. The highest BCUT2D eigenvalue weighted by Crippen LogP contribution is 2.29. The predicted molar refractivity (Wildman–Crippen MR) is 79.9 cm³/mol. The van der Waals surface area contributed by atoms with Crippen LogP contribution in [0.2, 0.25) is 0 Å². The standard InChI is InChI=1S/C16H26N2O3/c1-17(8-13-2-3-13)9-16-11-18(6-7-20-16)10-14-4-5-15(12-19)21-14/h4-5,13,16,19H,2-3,6-12H2,1H3. The van der Waals surface area contributed by atoms with Gasteiger partial charge in [-0.25, -0.2) is 0 Å². The van der Waals surface area contributed by atoms with Crippen LogP contribution in [0.25, 0.3) is 0 Å². The number of morpholine rings is 1. The second-order valence-electron chi connectivity index (χ2n) is 6.42. The van der Waals surface area contributed by atoms with Crippen molar-refractivity contribution in [3.63, 3.8) is 0 Å². The minimum atomic E-state index is -0.0301. The van der Waals surface area contributed by atoms with Crippen LogP contribution in [-0.4, -0.2) is 60.8 Å². The molecule has 1 N–H and O–H groups in total. The maximum absolute atomic E-state index is 9.04. The first kappa shape index (κ1) is 15.0. The van der Waals surface area contributed by atoms with Crippen molar-refractivity contribution in [3.05, 3.63) is 23.7 Å². The van der Waals surface area contributed by atoms with Crippen LogP contribution in [0.5, 0.6) is 0 Å². The molecule has 1 atom stereocenters. The number of ether oxygens (including phenoxy) is 1. The second-order valence-corrected chi connectivity index (χ2v) is 6.42. The van der Waals surface area contributed by atoms with Crippen molar-refractivity contribution < 1.29 is 14.3 Å². The van der Waals surface area contributed by atoms with Crippen LogP contribution >= 0.6 is 0 Å². The molecule has 3 rings (SSSR count). The summed E-state index contributed by atoms with van der Waals surface area (Å²) in [5.41, 5.74) is 0. The summed E-state index contributed by atoms with van der Waals surface area (Å²) >= 11 is 0. The topological polar surface area (TPSA) is 49.1 Å². The van der Waals surface area contributed by atoms with Gasteiger partial charge in [-0.1, -0.05) is 0 Å². The van der Waals surface area contributed by atoms with Gasteiger partial charge in [-0.15, -0.1) is 0 Å². The van der Waals surface area contributed by atoms with Gasteiger partial charge in [0.2, 0.25) is 0 Å². The fraction of sp³-hybridized carbons (Fsp3) is 0.750. The molecule has 2 heterocycles. The summed E-state index contributed by atoms with van der Waals surface area (Å²) in [6.45, 7) is 5.66. The Bertz CT molecular complexity index is 444. The molecule has 21 heavy (non-hydrogen) atoms. The van der Waals surface area contributed by atoms with E-state index < -0.39 is 0 Å². The van der Waals surface area contributed by atoms with E-state index in [9.17, 15) is 0 Å². The fourth-order valence-corrected chi connectivity index (χ4v) is 3.01. The molecular weight excluding hydrogens is 268 g/mol. The second kappa shape index (κ2) is 6.92. The summed E-state index contributed by atoms with van der Waals surface area (Å²) in [7, 11) is 2.20. The maximum atomic E-state index is 9.04. The summed E-state index contributed by atoms with van der Waals surface area (Å²) in [5, 5.41) is 9.04. The third kappa shape index (κ3) is 4.54. The number of likely N-dealkylation sites (N-methyl/N-ethyl adjacent to an activating group) is 1. The molecule has 118 valence electrons. The number of hydrogen-bond acceptors (Lipinski definition) is 5. The highest BCUT2D eigenvalue weighted by molar-refractivity contribution is 5.06. The Morgan fingerprint density at radius 3 is 2.81 bits per heavy atom. The van der Waals surface area contributed by atoms with Gasteiger partial charge in [0.25, 0.3) is 0 Å². The molecule has 1 aromatic heterocycles. The number of aliphatic hydroxyl groups excluding tert-OH is 1. The molecule has 5 nitrogen and oxygen atoms in total. The van der Waals surface area contributed by atoms with E-state index in [-0.39, 0.29) is 12.7 Å². The highest BCUT2D eigenvalue weighted by Gasteiger charge is 2.26. The van der Waals surface area contributed by atoms with Crippen LogP contribution < -0.4 is 0 Å². The molecule has 1 aliphatic carbocycles. The number of rotatable bonds is 7. The first-order chi connectivity index (χ1) is 10.2. The van der Waals surface area contributed by atoms with Gasteiger partial charge in [0.05, 0.1) is 19.3 Å². The van der Waals surface area contributed by atoms with E-state index in [1.807, 2.05) is 12.1 Å². The Morgan fingerprint density at radius 2 is 2.10 bits per heavy atom. The van der Waals surface area contributed by atoms with Crippen molar-refractivity contribution in [2.24, 2.45) is 5.92 Å². The summed E-state index contributed by atoms with van der Waals surface area (Å²) < 4.78 is 11.5. The van der Waals surface area contributed by atoms with Crippen molar-refractivity contribution in [2.45, 2.75) is 32.1 Å². The molecule has 1 saturated carbocycles. The van der Waals surface area contributed by atoms with Crippen LogP contribution in [0.4, 0.5) is 0 Å². The fourth-order valence-electron chi connectivity index (χ4n) is 3.01. The van der Waals surface area contributed by atoms with Crippen LogP contribution in [0.1, 0.15) is 24.4 Å². The molecule has 0 aromatic carbocycles. The van der Waals surface area contributed by atoms with E-state index in [1.54, 1.807) is 0 Å². The Labute approximate surface area is 126 Å². The van der Waals surface area contributed by atoms with E-state index in [0.717, 1.165) is 44.5 Å². The van der Waals surface area contributed by atoms with Gasteiger partial charge >= 0.3 is 0 Å². The molecule has 1 aliphatic heterocycles. The Morgan fingerprint density at radius 1 is 1.29 bits per heavy atom. The van der Waals surface area contributed by atoms with Gasteiger partial charge in [0, 0.05) is 26.2 Å². The molecule has 0 amide bonds. The molecule has 5 heteroatoms. The molecule has 2 fully saturated rings. The largest absolute Gasteiger partial charge is 0.462 e. The van der Waals surface area contributed by atoms with E-state index >= 15 is 0 Å². The van der Waals surface area contributed by atoms with Crippen molar-refractivity contribution in [3.8, 4) is 0 Å². The quantitative estimate of drug-likeness (QED) is 0.822. The van der Waals surface area contributed by atoms with Crippen LogP contribution in [0.3, 0.4) is 0 Å². The van der Waals surface area contributed by atoms with E-state index in [1.165, 1.54) is 19.4 Å².